The summed E-state index contributed by atoms with van der Waals surface area (Å²) < 4.78 is 6.09. The van der Waals surface area contributed by atoms with Crippen molar-refractivity contribution in [2.45, 2.75) is 18.4 Å². The summed E-state index contributed by atoms with van der Waals surface area (Å²) in [5.74, 6) is 0.800. The van der Waals surface area contributed by atoms with Crippen molar-refractivity contribution >= 4 is 11.7 Å². The number of pyridine rings is 1. The molecule has 22 heavy (non-hydrogen) atoms. The zero-order valence-electron chi connectivity index (χ0n) is 13.3. The van der Waals surface area contributed by atoms with Gasteiger partial charge in [-0.05, 0) is 32.0 Å². The lowest BCUT2D eigenvalue weighted by Gasteiger charge is -2.46. The minimum absolute atomic E-state index is 0.00189. The first-order chi connectivity index (χ1) is 10.6. The maximum absolute atomic E-state index is 11.7. The van der Waals surface area contributed by atoms with E-state index in [4.69, 9.17) is 4.74 Å². The molecule has 120 valence electrons. The third-order valence-electron chi connectivity index (χ3n) is 4.67. The summed E-state index contributed by atoms with van der Waals surface area (Å²) in [6, 6.07) is 3.61. The van der Waals surface area contributed by atoms with Gasteiger partial charge in [0, 0.05) is 45.0 Å². The number of anilines is 1. The fraction of sp³-hybridized carbons (Fsp3) is 0.625. The van der Waals surface area contributed by atoms with Gasteiger partial charge in [0.05, 0.1) is 12.2 Å². The van der Waals surface area contributed by atoms with Crippen molar-refractivity contribution in [3.8, 4) is 0 Å². The van der Waals surface area contributed by atoms with E-state index in [0.717, 1.165) is 51.4 Å². The number of nitrogens with zero attached hydrogens (tertiary/aromatic N) is 3. The summed E-state index contributed by atoms with van der Waals surface area (Å²) in [4.78, 5) is 20.8. The van der Waals surface area contributed by atoms with Crippen molar-refractivity contribution in [3.05, 3.63) is 23.9 Å². The molecule has 0 aliphatic carbocycles. The Labute approximate surface area is 131 Å². The molecule has 0 radical (unpaired) electrons. The highest BCUT2D eigenvalue weighted by Gasteiger charge is 2.39. The molecule has 6 nitrogen and oxygen atoms in total. The molecule has 3 heterocycles. The maximum atomic E-state index is 11.7. The number of carbonyl (C=O) groups excluding carboxylic acids is 1. The number of ether oxygens (including phenoxy) is 1. The molecule has 1 N–H and O–H groups in total. The van der Waals surface area contributed by atoms with Crippen LogP contribution in [0.25, 0.3) is 0 Å². The predicted molar refractivity (Wildman–Crippen MR) is 85.3 cm³/mol. The van der Waals surface area contributed by atoms with Crippen LogP contribution in [0.4, 0.5) is 5.82 Å². The van der Waals surface area contributed by atoms with Gasteiger partial charge in [-0.3, -0.25) is 4.79 Å². The minimum Gasteiger partial charge on any atom is -0.372 e. The highest BCUT2D eigenvalue weighted by molar-refractivity contribution is 5.94. The summed E-state index contributed by atoms with van der Waals surface area (Å²) in [5, 5.41) is 2.65. The Morgan fingerprint density at radius 3 is 2.82 bits per heavy atom. The van der Waals surface area contributed by atoms with Crippen LogP contribution in [-0.2, 0) is 4.74 Å². The van der Waals surface area contributed by atoms with Crippen LogP contribution >= 0.6 is 0 Å². The number of carbonyl (C=O) groups is 1. The molecule has 2 aliphatic rings. The molecular weight excluding hydrogens is 280 g/mol. The molecule has 2 fully saturated rings. The number of amides is 1. The van der Waals surface area contributed by atoms with Crippen LogP contribution in [0.15, 0.2) is 18.3 Å². The molecule has 6 heteroatoms. The normalized spacial score (nSPS) is 21.8. The van der Waals surface area contributed by atoms with E-state index in [1.165, 1.54) is 0 Å². The van der Waals surface area contributed by atoms with Crippen LogP contribution in [0.1, 0.15) is 23.2 Å². The Hall–Kier alpha value is -1.66. The fourth-order valence-corrected chi connectivity index (χ4v) is 3.36. The smallest absolute Gasteiger partial charge is 0.251 e. The van der Waals surface area contributed by atoms with Gasteiger partial charge in [0.25, 0.3) is 5.91 Å². The van der Waals surface area contributed by atoms with E-state index < -0.39 is 0 Å². The summed E-state index contributed by atoms with van der Waals surface area (Å²) in [6.07, 6.45) is 3.71. The van der Waals surface area contributed by atoms with Gasteiger partial charge in [0.15, 0.2) is 0 Å². The average Bonchev–Trinajstić information content (AvgIpc) is 2.55. The second-order valence-electron chi connectivity index (χ2n) is 6.24. The van der Waals surface area contributed by atoms with E-state index in [1.807, 2.05) is 6.07 Å². The largest absolute Gasteiger partial charge is 0.372 e. The lowest BCUT2D eigenvalue weighted by molar-refractivity contribution is -0.115. The quantitative estimate of drug-likeness (QED) is 0.873. The summed E-state index contributed by atoms with van der Waals surface area (Å²) in [7, 11) is 3.80. The molecule has 3 rings (SSSR count). The summed E-state index contributed by atoms with van der Waals surface area (Å²) in [5.41, 5.74) is 0.656. The number of hydrogen-bond acceptors (Lipinski definition) is 5. The fourth-order valence-electron chi connectivity index (χ4n) is 3.36. The SMILES string of the molecule is CNC(=O)c1ccnc(N2CCC3(CC2)CN(C)CCO3)c1. The first-order valence-electron chi connectivity index (χ1n) is 7.87. The van der Waals surface area contributed by atoms with Gasteiger partial charge in [-0.1, -0.05) is 0 Å². The number of likely N-dealkylation sites (N-methyl/N-ethyl adjacent to an activating group) is 1. The molecule has 0 bridgehead atoms. The standard InChI is InChI=1S/C16H24N4O2/c1-17-15(21)13-3-6-18-14(11-13)20-7-4-16(5-8-20)12-19(2)9-10-22-16/h3,6,11H,4-5,7-10,12H2,1-2H3,(H,17,21). The zero-order valence-corrected chi connectivity index (χ0v) is 13.3. The third-order valence-corrected chi connectivity index (χ3v) is 4.67. The van der Waals surface area contributed by atoms with Gasteiger partial charge in [0.1, 0.15) is 5.82 Å². The van der Waals surface area contributed by atoms with E-state index in [9.17, 15) is 4.79 Å². The van der Waals surface area contributed by atoms with E-state index >= 15 is 0 Å². The molecule has 1 spiro atoms. The first kappa shape index (κ1) is 15.2. The Morgan fingerprint density at radius 1 is 1.36 bits per heavy atom. The van der Waals surface area contributed by atoms with Crippen molar-refractivity contribution in [3.63, 3.8) is 0 Å². The Bertz CT molecular complexity index is 541. The van der Waals surface area contributed by atoms with Crippen LogP contribution in [0.3, 0.4) is 0 Å². The Balaban J connectivity index is 1.67. The van der Waals surface area contributed by atoms with E-state index in [2.05, 4.69) is 27.1 Å². The van der Waals surface area contributed by atoms with E-state index in [-0.39, 0.29) is 11.5 Å². The highest BCUT2D eigenvalue weighted by atomic mass is 16.5. The van der Waals surface area contributed by atoms with E-state index in [0.29, 0.717) is 5.56 Å². The van der Waals surface area contributed by atoms with Crippen LogP contribution < -0.4 is 10.2 Å². The number of nitrogens with one attached hydrogen (secondary N) is 1. The van der Waals surface area contributed by atoms with Gasteiger partial charge in [-0.2, -0.15) is 0 Å². The molecular formula is C16H24N4O2. The van der Waals surface area contributed by atoms with Gasteiger partial charge in [-0.25, -0.2) is 4.98 Å². The van der Waals surface area contributed by atoms with Crippen LogP contribution in [0.5, 0.6) is 0 Å². The van der Waals surface area contributed by atoms with Crippen LogP contribution in [0, 0.1) is 0 Å². The molecule has 0 unspecified atom stereocenters. The number of morpholine rings is 1. The van der Waals surface area contributed by atoms with Crippen LogP contribution in [0.2, 0.25) is 0 Å². The Morgan fingerprint density at radius 2 is 2.14 bits per heavy atom. The monoisotopic (exact) mass is 304 g/mol. The maximum Gasteiger partial charge on any atom is 0.251 e. The molecule has 0 saturated carbocycles. The highest BCUT2D eigenvalue weighted by Crippen LogP contribution is 2.31. The topological polar surface area (TPSA) is 57.7 Å². The summed E-state index contributed by atoms with van der Waals surface area (Å²) in [6.45, 7) is 4.67. The van der Waals surface area contributed by atoms with Crippen molar-refractivity contribution in [2.24, 2.45) is 0 Å². The van der Waals surface area contributed by atoms with Crippen molar-refractivity contribution in [1.82, 2.24) is 15.2 Å². The third kappa shape index (κ3) is 3.08. The molecule has 0 aromatic carbocycles. The van der Waals surface area contributed by atoms with Gasteiger partial charge in [0.2, 0.25) is 0 Å². The number of hydrogen-bond donors (Lipinski definition) is 1. The average molecular weight is 304 g/mol. The second kappa shape index (κ2) is 6.22. The molecule has 1 aromatic heterocycles. The zero-order chi connectivity index (χ0) is 15.6. The number of aromatic nitrogens is 1. The Kier molecular flexibility index (Phi) is 4.31. The molecule has 1 amide bonds. The molecule has 0 atom stereocenters. The predicted octanol–water partition coefficient (Wildman–Crippen LogP) is 0.742. The first-order valence-corrected chi connectivity index (χ1v) is 7.87. The summed E-state index contributed by atoms with van der Waals surface area (Å²) >= 11 is 0. The second-order valence-corrected chi connectivity index (χ2v) is 6.24. The lowest BCUT2D eigenvalue weighted by Crippen LogP contribution is -2.56. The number of rotatable bonds is 2. The number of piperidine rings is 1. The van der Waals surface area contributed by atoms with E-state index in [1.54, 1.807) is 19.3 Å². The van der Waals surface area contributed by atoms with Crippen molar-refractivity contribution in [2.75, 3.05) is 51.8 Å². The van der Waals surface area contributed by atoms with Gasteiger partial charge < -0.3 is 19.9 Å². The minimum atomic E-state index is -0.0747. The molecule has 1 aromatic rings. The van der Waals surface area contributed by atoms with Crippen molar-refractivity contribution < 1.29 is 9.53 Å². The van der Waals surface area contributed by atoms with Crippen molar-refractivity contribution in [1.29, 1.82) is 0 Å². The van der Waals surface area contributed by atoms with Gasteiger partial charge >= 0.3 is 0 Å². The molecule has 2 aliphatic heterocycles. The lowest BCUT2D eigenvalue weighted by atomic mass is 9.89. The molecule has 2 saturated heterocycles. The van der Waals surface area contributed by atoms with Crippen LogP contribution in [-0.4, -0.2) is 68.3 Å². The van der Waals surface area contributed by atoms with Gasteiger partial charge in [-0.15, -0.1) is 0 Å².